The Bertz CT molecular complexity index is 919. The third kappa shape index (κ3) is 4.37. The van der Waals surface area contributed by atoms with Crippen LogP contribution in [0, 0.1) is 6.92 Å². The third-order valence-corrected chi connectivity index (χ3v) is 5.09. The number of fused-ring (bicyclic) bond motifs is 1. The van der Waals surface area contributed by atoms with Gasteiger partial charge in [0.15, 0.2) is 10.1 Å². The number of ether oxygens (including phenoxy) is 1. The molecule has 3 aromatic rings. The van der Waals surface area contributed by atoms with Crippen LogP contribution in [0.15, 0.2) is 33.0 Å². The van der Waals surface area contributed by atoms with E-state index in [1.54, 1.807) is 13.0 Å². The van der Waals surface area contributed by atoms with Gasteiger partial charge in [-0.3, -0.25) is 14.9 Å². The van der Waals surface area contributed by atoms with Crippen molar-refractivity contribution in [3.63, 3.8) is 0 Å². The summed E-state index contributed by atoms with van der Waals surface area (Å²) in [5.41, 5.74) is 1.74. The van der Waals surface area contributed by atoms with Crippen LogP contribution in [0.2, 0.25) is 0 Å². The minimum atomic E-state index is -0.396. The van der Waals surface area contributed by atoms with E-state index in [0.29, 0.717) is 21.7 Å². The molecular formula is C16H15N3O4S2. The van der Waals surface area contributed by atoms with Crippen molar-refractivity contribution in [3.05, 3.63) is 35.6 Å². The Hall–Kier alpha value is -2.39. The number of thioether (sulfide) groups is 1. The molecule has 0 aliphatic heterocycles. The van der Waals surface area contributed by atoms with Gasteiger partial charge in [-0.2, -0.15) is 0 Å². The van der Waals surface area contributed by atoms with Crippen LogP contribution < -0.4 is 5.32 Å². The molecule has 0 saturated heterocycles. The largest absolute Gasteiger partial charge is 0.465 e. The molecule has 0 aliphatic carbocycles. The zero-order chi connectivity index (χ0) is 17.8. The smallest absolute Gasteiger partial charge is 0.316 e. The highest BCUT2D eigenvalue weighted by atomic mass is 32.2. The van der Waals surface area contributed by atoms with E-state index in [2.05, 4.69) is 15.5 Å². The first-order valence-electron chi connectivity index (χ1n) is 7.48. The fourth-order valence-electron chi connectivity index (χ4n) is 2.08. The van der Waals surface area contributed by atoms with Gasteiger partial charge in [0.2, 0.25) is 5.13 Å². The highest BCUT2D eigenvalue weighted by molar-refractivity contribution is 8.01. The van der Waals surface area contributed by atoms with Crippen LogP contribution >= 0.6 is 23.1 Å². The van der Waals surface area contributed by atoms with E-state index in [4.69, 9.17) is 9.15 Å². The molecule has 2 aromatic heterocycles. The second-order valence-electron chi connectivity index (χ2n) is 5.07. The van der Waals surface area contributed by atoms with Crippen molar-refractivity contribution in [1.82, 2.24) is 10.2 Å². The zero-order valence-corrected chi connectivity index (χ0v) is 15.2. The number of nitrogens with one attached hydrogen (secondary N) is 1. The van der Waals surface area contributed by atoms with Gasteiger partial charge in [0.25, 0.3) is 5.91 Å². The Morgan fingerprint density at radius 3 is 2.96 bits per heavy atom. The lowest BCUT2D eigenvalue weighted by Gasteiger charge is -1.98. The van der Waals surface area contributed by atoms with Crippen LogP contribution in [0.25, 0.3) is 11.0 Å². The Kier molecular flexibility index (Phi) is 5.34. The topological polar surface area (TPSA) is 94.3 Å². The van der Waals surface area contributed by atoms with Crippen LogP contribution in [-0.2, 0) is 9.53 Å². The summed E-state index contributed by atoms with van der Waals surface area (Å²) in [7, 11) is 0. The predicted octanol–water partition coefficient (Wildman–Crippen LogP) is 3.50. The van der Waals surface area contributed by atoms with Gasteiger partial charge in [0.1, 0.15) is 5.58 Å². The number of aryl methyl sites for hydroxylation is 1. The standard InChI is InChI=1S/C16H15N3O4S2/c1-3-22-13(20)8-24-16-19-18-15(25-16)17-14(21)12-7-10-6-9(2)4-5-11(10)23-12/h4-7H,3,8H2,1-2H3,(H,17,18,21). The molecule has 2 heterocycles. The van der Waals surface area contributed by atoms with E-state index >= 15 is 0 Å². The minimum Gasteiger partial charge on any atom is -0.465 e. The molecule has 130 valence electrons. The minimum absolute atomic E-state index is 0.152. The number of amides is 1. The number of anilines is 1. The molecule has 0 spiro atoms. The number of aromatic nitrogens is 2. The fraction of sp³-hybridized carbons (Fsp3) is 0.250. The summed E-state index contributed by atoms with van der Waals surface area (Å²) in [5, 5.41) is 11.7. The van der Waals surface area contributed by atoms with Gasteiger partial charge in [-0.1, -0.05) is 34.7 Å². The van der Waals surface area contributed by atoms with Crippen LogP contribution in [0.4, 0.5) is 5.13 Å². The number of carbonyl (C=O) groups is 2. The predicted molar refractivity (Wildman–Crippen MR) is 96.2 cm³/mol. The first-order chi connectivity index (χ1) is 12.0. The second-order valence-corrected chi connectivity index (χ2v) is 7.27. The van der Waals surface area contributed by atoms with Gasteiger partial charge in [0, 0.05) is 5.39 Å². The van der Waals surface area contributed by atoms with Crippen molar-refractivity contribution in [2.45, 2.75) is 18.2 Å². The number of benzene rings is 1. The first-order valence-corrected chi connectivity index (χ1v) is 9.29. The first kappa shape index (κ1) is 17.4. The number of carbonyl (C=O) groups excluding carboxylic acids is 2. The molecule has 0 bridgehead atoms. The van der Waals surface area contributed by atoms with Gasteiger partial charge >= 0.3 is 5.97 Å². The molecule has 0 unspecified atom stereocenters. The summed E-state index contributed by atoms with van der Waals surface area (Å²) in [6.45, 7) is 4.07. The van der Waals surface area contributed by atoms with Crippen molar-refractivity contribution < 1.29 is 18.7 Å². The number of rotatable bonds is 6. The maximum atomic E-state index is 12.3. The van der Waals surface area contributed by atoms with Gasteiger partial charge < -0.3 is 9.15 Å². The third-order valence-electron chi connectivity index (χ3n) is 3.14. The maximum Gasteiger partial charge on any atom is 0.316 e. The lowest BCUT2D eigenvalue weighted by Crippen LogP contribution is -2.10. The number of nitrogens with zero attached hydrogens (tertiary/aromatic N) is 2. The summed E-state index contributed by atoms with van der Waals surface area (Å²) < 4.78 is 11.0. The molecule has 0 atom stereocenters. The molecule has 7 nitrogen and oxygen atoms in total. The van der Waals surface area contributed by atoms with E-state index in [9.17, 15) is 9.59 Å². The normalized spacial score (nSPS) is 10.8. The zero-order valence-electron chi connectivity index (χ0n) is 13.6. The van der Waals surface area contributed by atoms with Crippen LogP contribution in [0.3, 0.4) is 0 Å². The van der Waals surface area contributed by atoms with Gasteiger partial charge in [-0.15, -0.1) is 10.2 Å². The molecule has 0 aliphatic rings. The monoisotopic (exact) mass is 377 g/mol. The molecule has 9 heteroatoms. The summed E-state index contributed by atoms with van der Waals surface area (Å²) in [6, 6.07) is 7.39. The highest BCUT2D eigenvalue weighted by Crippen LogP contribution is 2.26. The lowest BCUT2D eigenvalue weighted by molar-refractivity contribution is -0.139. The second kappa shape index (κ2) is 7.66. The van der Waals surface area contributed by atoms with Gasteiger partial charge in [-0.25, -0.2) is 0 Å². The quantitative estimate of drug-likeness (QED) is 0.399. The van der Waals surface area contributed by atoms with E-state index < -0.39 is 5.91 Å². The molecular weight excluding hydrogens is 362 g/mol. The Morgan fingerprint density at radius 2 is 2.16 bits per heavy atom. The summed E-state index contributed by atoms with van der Waals surface area (Å²) in [6.07, 6.45) is 0. The maximum absolute atomic E-state index is 12.3. The van der Waals surface area contributed by atoms with Crippen molar-refractivity contribution >= 4 is 51.1 Å². The average Bonchev–Trinajstić information content (AvgIpc) is 3.19. The Morgan fingerprint density at radius 1 is 1.32 bits per heavy atom. The Labute approximate surface area is 151 Å². The van der Waals surface area contributed by atoms with E-state index in [-0.39, 0.29) is 17.5 Å². The van der Waals surface area contributed by atoms with Gasteiger partial charge in [0.05, 0.1) is 12.4 Å². The van der Waals surface area contributed by atoms with E-state index in [0.717, 1.165) is 10.9 Å². The molecule has 1 amide bonds. The summed E-state index contributed by atoms with van der Waals surface area (Å²) in [4.78, 5) is 23.6. The van der Waals surface area contributed by atoms with E-state index in [1.807, 2.05) is 25.1 Å². The molecule has 1 N–H and O–H groups in total. The summed E-state index contributed by atoms with van der Waals surface area (Å²) >= 11 is 2.40. The fourth-order valence-corrected chi connectivity index (χ4v) is 3.62. The van der Waals surface area contributed by atoms with Crippen molar-refractivity contribution in [1.29, 1.82) is 0 Å². The van der Waals surface area contributed by atoms with Gasteiger partial charge in [-0.05, 0) is 32.0 Å². The van der Waals surface area contributed by atoms with Crippen molar-refractivity contribution in [2.75, 3.05) is 17.7 Å². The number of hydrogen-bond donors (Lipinski definition) is 1. The lowest BCUT2D eigenvalue weighted by atomic mass is 10.2. The number of hydrogen-bond acceptors (Lipinski definition) is 8. The Balaban J connectivity index is 1.63. The molecule has 0 saturated carbocycles. The van der Waals surface area contributed by atoms with E-state index in [1.165, 1.54) is 23.1 Å². The molecule has 25 heavy (non-hydrogen) atoms. The van der Waals surface area contributed by atoms with Crippen LogP contribution in [0.5, 0.6) is 0 Å². The summed E-state index contributed by atoms with van der Waals surface area (Å²) in [5.74, 6) is -0.353. The molecule has 0 radical (unpaired) electrons. The molecule has 1 aromatic carbocycles. The van der Waals surface area contributed by atoms with Crippen LogP contribution in [-0.4, -0.2) is 34.4 Å². The SMILES string of the molecule is CCOC(=O)CSc1nnc(NC(=O)c2cc3cc(C)ccc3o2)s1. The van der Waals surface area contributed by atoms with Crippen molar-refractivity contribution in [2.24, 2.45) is 0 Å². The van der Waals surface area contributed by atoms with Crippen LogP contribution in [0.1, 0.15) is 23.0 Å². The average molecular weight is 377 g/mol. The molecule has 3 rings (SSSR count). The van der Waals surface area contributed by atoms with Crippen molar-refractivity contribution in [3.8, 4) is 0 Å². The molecule has 0 fully saturated rings. The number of esters is 1. The highest BCUT2D eigenvalue weighted by Gasteiger charge is 2.15. The number of furan rings is 1.